The second-order valence-electron chi connectivity index (χ2n) is 3.48. The van der Waals surface area contributed by atoms with E-state index in [0.717, 1.165) is 10.3 Å². The smallest absolute Gasteiger partial charge is 0.255 e. The lowest BCUT2D eigenvalue weighted by atomic mass is 10.4. The number of rotatable bonds is 3. The Kier molecular flexibility index (Phi) is 3.19. The van der Waals surface area contributed by atoms with Crippen molar-refractivity contribution in [1.29, 1.82) is 0 Å². The molecule has 1 N–H and O–H groups in total. The summed E-state index contributed by atoms with van der Waals surface area (Å²) in [7, 11) is 0. The molecule has 0 bridgehead atoms. The lowest BCUT2D eigenvalue weighted by Crippen LogP contribution is -2.05. The molecule has 0 aliphatic carbocycles. The highest BCUT2D eigenvalue weighted by Crippen LogP contribution is 2.24. The fourth-order valence-corrected chi connectivity index (χ4v) is 3.14. The average Bonchev–Trinajstić information content (AvgIpc) is 2.94. The first-order chi connectivity index (χ1) is 8.74. The van der Waals surface area contributed by atoms with Gasteiger partial charge in [0, 0.05) is 15.4 Å². The standard InChI is InChI=1S/C10H7BrClN5S/c11-6-1-2-18-7(6)4-13-9-3-8(12)16-10-14-5-15-17(9)10/h1-3,5,13H,4H2. The molecular weight excluding hydrogens is 338 g/mol. The van der Waals surface area contributed by atoms with Crippen LogP contribution in [0.4, 0.5) is 5.82 Å². The van der Waals surface area contributed by atoms with E-state index in [1.54, 1.807) is 21.9 Å². The molecule has 0 aromatic carbocycles. The fraction of sp³-hybridized carbons (Fsp3) is 0.100. The van der Waals surface area contributed by atoms with Gasteiger partial charge in [0.25, 0.3) is 5.78 Å². The predicted molar refractivity (Wildman–Crippen MR) is 75.1 cm³/mol. The van der Waals surface area contributed by atoms with Crippen LogP contribution in [0.1, 0.15) is 4.88 Å². The molecule has 0 amide bonds. The van der Waals surface area contributed by atoms with E-state index in [9.17, 15) is 0 Å². The van der Waals surface area contributed by atoms with Crippen molar-refractivity contribution in [1.82, 2.24) is 19.6 Å². The fourth-order valence-electron chi connectivity index (χ4n) is 1.53. The minimum atomic E-state index is 0.392. The third kappa shape index (κ3) is 2.21. The first kappa shape index (κ1) is 11.9. The zero-order valence-corrected chi connectivity index (χ0v) is 12.1. The van der Waals surface area contributed by atoms with E-state index in [0.29, 0.717) is 17.5 Å². The zero-order valence-electron chi connectivity index (χ0n) is 8.97. The Bertz CT molecular complexity index is 694. The van der Waals surface area contributed by atoms with E-state index in [2.05, 4.69) is 36.3 Å². The van der Waals surface area contributed by atoms with E-state index < -0.39 is 0 Å². The summed E-state index contributed by atoms with van der Waals surface area (Å²) >= 11 is 11.1. The third-order valence-electron chi connectivity index (χ3n) is 2.34. The molecule has 8 heteroatoms. The van der Waals surface area contributed by atoms with Crippen molar-refractivity contribution in [2.75, 3.05) is 5.32 Å². The van der Waals surface area contributed by atoms with Gasteiger partial charge in [-0.2, -0.15) is 19.6 Å². The number of anilines is 1. The Balaban J connectivity index is 1.90. The Morgan fingerprint density at radius 1 is 1.50 bits per heavy atom. The van der Waals surface area contributed by atoms with Gasteiger partial charge in [-0.3, -0.25) is 0 Å². The molecule has 0 saturated carbocycles. The maximum Gasteiger partial charge on any atom is 0.255 e. The molecule has 3 heterocycles. The van der Waals surface area contributed by atoms with Crippen LogP contribution in [0.5, 0.6) is 0 Å². The highest BCUT2D eigenvalue weighted by molar-refractivity contribution is 9.10. The Morgan fingerprint density at radius 2 is 2.39 bits per heavy atom. The summed E-state index contributed by atoms with van der Waals surface area (Å²) in [6, 6.07) is 3.75. The van der Waals surface area contributed by atoms with E-state index in [1.807, 2.05) is 11.4 Å². The number of fused-ring (bicyclic) bond motifs is 1. The third-order valence-corrected chi connectivity index (χ3v) is 4.46. The van der Waals surface area contributed by atoms with Gasteiger partial charge in [-0.05, 0) is 27.4 Å². The summed E-state index contributed by atoms with van der Waals surface area (Å²) in [4.78, 5) is 9.28. The summed E-state index contributed by atoms with van der Waals surface area (Å²) in [5, 5.41) is 9.80. The van der Waals surface area contributed by atoms with Crippen LogP contribution in [-0.2, 0) is 6.54 Å². The van der Waals surface area contributed by atoms with Crippen molar-refractivity contribution in [3.05, 3.63) is 38.3 Å². The number of halogens is 2. The van der Waals surface area contributed by atoms with Gasteiger partial charge >= 0.3 is 0 Å². The number of aromatic nitrogens is 4. The van der Waals surface area contributed by atoms with Crippen molar-refractivity contribution in [2.45, 2.75) is 6.54 Å². The van der Waals surface area contributed by atoms with Gasteiger partial charge in [-0.1, -0.05) is 11.6 Å². The molecule has 0 unspecified atom stereocenters. The summed E-state index contributed by atoms with van der Waals surface area (Å²) in [6.45, 7) is 0.688. The Labute approximate surface area is 120 Å². The number of hydrogen-bond donors (Lipinski definition) is 1. The molecule has 0 aliphatic heterocycles. The van der Waals surface area contributed by atoms with Crippen LogP contribution in [-0.4, -0.2) is 19.6 Å². The Hall–Kier alpha value is -1.18. The SMILES string of the molecule is Clc1cc(NCc2sccc2Br)n2ncnc2n1. The molecule has 0 radical (unpaired) electrons. The van der Waals surface area contributed by atoms with Crippen molar-refractivity contribution in [3.8, 4) is 0 Å². The molecule has 3 aromatic heterocycles. The average molecular weight is 345 g/mol. The second kappa shape index (κ2) is 4.83. The highest BCUT2D eigenvalue weighted by Gasteiger charge is 2.07. The highest BCUT2D eigenvalue weighted by atomic mass is 79.9. The second-order valence-corrected chi connectivity index (χ2v) is 5.72. The van der Waals surface area contributed by atoms with Gasteiger partial charge in [0.2, 0.25) is 0 Å². The van der Waals surface area contributed by atoms with Crippen LogP contribution in [0.25, 0.3) is 5.78 Å². The maximum atomic E-state index is 5.93. The molecular formula is C10H7BrClN5S. The van der Waals surface area contributed by atoms with Crippen molar-refractivity contribution in [2.24, 2.45) is 0 Å². The van der Waals surface area contributed by atoms with Gasteiger partial charge in [-0.15, -0.1) is 11.3 Å². The van der Waals surface area contributed by atoms with Crippen LogP contribution in [0.15, 0.2) is 28.3 Å². The normalized spacial score (nSPS) is 11.0. The summed E-state index contributed by atoms with van der Waals surface area (Å²) in [6.07, 6.45) is 1.45. The topological polar surface area (TPSA) is 55.1 Å². The van der Waals surface area contributed by atoms with E-state index >= 15 is 0 Å². The van der Waals surface area contributed by atoms with Gasteiger partial charge in [-0.25, -0.2) is 0 Å². The number of thiophene rings is 1. The quantitative estimate of drug-likeness (QED) is 0.741. The van der Waals surface area contributed by atoms with Crippen LogP contribution in [0, 0.1) is 0 Å². The Morgan fingerprint density at radius 3 is 3.17 bits per heavy atom. The number of nitrogens with one attached hydrogen (secondary N) is 1. The van der Waals surface area contributed by atoms with Crippen LogP contribution >= 0.6 is 38.9 Å². The predicted octanol–water partition coefficient (Wildman–Crippen LogP) is 3.21. The zero-order chi connectivity index (χ0) is 12.5. The van der Waals surface area contributed by atoms with Crippen molar-refractivity contribution in [3.63, 3.8) is 0 Å². The van der Waals surface area contributed by atoms with E-state index in [1.165, 1.54) is 11.2 Å². The van der Waals surface area contributed by atoms with Crippen molar-refractivity contribution < 1.29 is 0 Å². The molecule has 3 aromatic rings. The molecule has 18 heavy (non-hydrogen) atoms. The summed E-state index contributed by atoms with van der Waals surface area (Å²) in [5.41, 5.74) is 0. The largest absolute Gasteiger partial charge is 0.365 e. The molecule has 3 rings (SSSR count). The summed E-state index contributed by atoms with van der Waals surface area (Å²) < 4.78 is 2.71. The number of nitrogens with zero attached hydrogens (tertiary/aromatic N) is 4. The van der Waals surface area contributed by atoms with E-state index in [4.69, 9.17) is 11.6 Å². The first-order valence-corrected chi connectivity index (χ1v) is 7.11. The molecule has 0 saturated heterocycles. The maximum absolute atomic E-state index is 5.93. The lowest BCUT2D eigenvalue weighted by Gasteiger charge is -2.07. The number of hydrogen-bond acceptors (Lipinski definition) is 5. The van der Waals surface area contributed by atoms with Crippen molar-refractivity contribution >= 4 is 50.5 Å². The molecule has 0 aliphatic rings. The summed E-state index contributed by atoms with van der Waals surface area (Å²) in [5.74, 6) is 1.25. The molecule has 5 nitrogen and oxygen atoms in total. The monoisotopic (exact) mass is 343 g/mol. The molecule has 0 fully saturated rings. The minimum Gasteiger partial charge on any atom is -0.365 e. The van der Waals surface area contributed by atoms with Gasteiger partial charge in [0.15, 0.2) is 0 Å². The first-order valence-electron chi connectivity index (χ1n) is 5.06. The molecule has 0 atom stereocenters. The van der Waals surface area contributed by atoms with Gasteiger partial charge < -0.3 is 5.32 Å². The van der Waals surface area contributed by atoms with Crippen LogP contribution < -0.4 is 5.32 Å². The van der Waals surface area contributed by atoms with E-state index in [-0.39, 0.29) is 0 Å². The molecule has 92 valence electrons. The van der Waals surface area contributed by atoms with Gasteiger partial charge in [0.1, 0.15) is 17.3 Å². The van der Waals surface area contributed by atoms with Crippen LogP contribution in [0.3, 0.4) is 0 Å². The minimum absolute atomic E-state index is 0.392. The van der Waals surface area contributed by atoms with Crippen LogP contribution in [0.2, 0.25) is 5.15 Å². The molecule has 0 spiro atoms. The van der Waals surface area contributed by atoms with Gasteiger partial charge in [0.05, 0.1) is 6.54 Å². The lowest BCUT2D eigenvalue weighted by molar-refractivity contribution is 0.927.